The normalized spacial score (nSPS) is 16.6. The lowest BCUT2D eigenvalue weighted by Crippen LogP contribution is -2.50. The van der Waals surface area contributed by atoms with Crippen LogP contribution in [0.3, 0.4) is 0 Å². The number of guanidine groups is 1. The number of rotatable bonds is 8. The van der Waals surface area contributed by atoms with E-state index in [1.807, 2.05) is 0 Å². The highest BCUT2D eigenvalue weighted by Crippen LogP contribution is 2.12. The summed E-state index contributed by atoms with van der Waals surface area (Å²) >= 11 is 0. The molecule has 28 heavy (non-hydrogen) atoms. The van der Waals surface area contributed by atoms with Crippen LogP contribution in [0.25, 0.3) is 0 Å². The zero-order valence-electron chi connectivity index (χ0n) is 16.9. The molecule has 1 aliphatic heterocycles. The first-order chi connectivity index (χ1) is 12.9. The van der Waals surface area contributed by atoms with Gasteiger partial charge in [-0.3, -0.25) is 9.98 Å². The first-order valence-electron chi connectivity index (χ1n) is 9.50. The van der Waals surface area contributed by atoms with Crippen molar-refractivity contribution >= 4 is 40.0 Å². The van der Waals surface area contributed by atoms with Crippen molar-refractivity contribution < 1.29 is 8.42 Å². The smallest absolute Gasteiger partial charge is 0.242 e. The molecule has 1 aliphatic rings. The quantitative estimate of drug-likeness (QED) is 0.205. The molecule has 1 aromatic heterocycles. The minimum atomic E-state index is -3.53. The van der Waals surface area contributed by atoms with Crippen LogP contribution in [0.1, 0.15) is 26.7 Å². The third-order valence-corrected chi connectivity index (χ3v) is 5.88. The summed E-state index contributed by atoms with van der Waals surface area (Å²) in [5, 5.41) is 6.60. The maximum atomic E-state index is 12.1. The van der Waals surface area contributed by atoms with Gasteiger partial charge in [-0.25, -0.2) is 13.1 Å². The van der Waals surface area contributed by atoms with Crippen LogP contribution in [0, 0.1) is 5.92 Å². The van der Waals surface area contributed by atoms with E-state index in [0.29, 0.717) is 24.5 Å². The van der Waals surface area contributed by atoms with Crippen LogP contribution in [0.5, 0.6) is 0 Å². The number of aromatic nitrogens is 1. The molecule has 0 aliphatic carbocycles. The van der Waals surface area contributed by atoms with Crippen molar-refractivity contribution in [3.05, 3.63) is 24.5 Å². The molecule has 0 aromatic carbocycles. The molecule has 3 N–H and O–H groups in total. The number of piperidine rings is 1. The summed E-state index contributed by atoms with van der Waals surface area (Å²) in [5.74, 6) is 1.40. The summed E-state index contributed by atoms with van der Waals surface area (Å²) < 4.78 is 26.8. The molecule has 1 saturated heterocycles. The maximum absolute atomic E-state index is 12.1. The fraction of sp³-hybridized carbons (Fsp3) is 0.667. The van der Waals surface area contributed by atoms with E-state index in [0.717, 1.165) is 32.5 Å². The Kier molecular flexibility index (Phi) is 11.2. The van der Waals surface area contributed by atoms with Crippen molar-refractivity contribution in [3.63, 3.8) is 0 Å². The number of hydrogen-bond acceptors (Lipinski definition) is 5. The van der Waals surface area contributed by atoms with Crippen molar-refractivity contribution in [1.29, 1.82) is 0 Å². The molecule has 0 atom stereocenters. The van der Waals surface area contributed by atoms with Gasteiger partial charge in [0.2, 0.25) is 10.0 Å². The van der Waals surface area contributed by atoms with E-state index in [4.69, 9.17) is 0 Å². The topological polar surface area (TPSA) is 98.7 Å². The number of hydrogen-bond donors (Lipinski definition) is 3. The van der Waals surface area contributed by atoms with Gasteiger partial charge in [0.1, 0.15) is 4.90 Å². The summed E-state index contributed by atoms with van der Waals surface area (Å²) in [6.07, 6.45) is 5.05. The maximum Gasteiger partial charge on any atom is 0.242 e. The van der Waals surface area contributed by atoms with Gasteiger partial charge in [-0.05, 0) is 30.9 Å². The van der Waals surface area contributed by atoms with E-state index >= 15 is 0 Å². The van der Waals surface area contributed by atoms with Crippen molar-refractivity contribution in [2.75, 3.05) is 39.8 Å². The van der Waals surface area contributed by atoms with Crippen LogP contribution in [0.2, 0.25) is 0 Å². The number of sulfonamides is 1. The van der Waals surface area contributed by atoms with Crippen LogP contribution in [-0.4, -0.2) is 70.1 Å². The Morgan fingerprint density at radius 3 is 2.61 bits per heavy atom. The molecule has 1 fully saturated rings. The lowest BCUT2D eigenvalue weighted by atomic mass is 10.0. The lowest BCUT2D eigenvalue weighted by Gasteiger charge is -2.34. The number of likely N-dealkylation sites (tertiary alicyclic amines) is 1. The van der Waals surface area contributed by atoms with Gasteiger partial charge in [0.05, 0.1) is 0 Å². The number of pyridine rings is 1. The molecule has 0 amide bonds. The Labute approximate surface area is 186 Å². The van der Waals surface area contributed by atoms with Crippen LogP contribution in [0.15, 0.2) is 34.4 Å². The van der Waals surface area contributed by atoms with Gasteiger partial charge in [0.25, 0.3) is 0 Å². The highest BCUT2D eigenvalue weighted by atomic mass is 127. The average molecular weight is 524 g/mol. The first kappa shape index (κ1) is 25.1. The third kappa shape index (κ3) is 8.58. The van der Waals surface area contributed by atoms with Gasteiger partial charge >= 0.3 is 0 Å². The molecule has 8 nitrogen and oxygen atoms in total. The lowest BCUT2D eigenvalue weighted by molar-refractivity contribution is 0.187. The van der Waals surface area contributed by atoms with Crippen molar-refractivity contribution in [2.45, 2.75) is 37.6 Å². The minimum Gasteiger partial charge on any atom is -0.355 e. The largest absolute Gasteiger partial charge is 0.355 e. The van der Waals surface area contributed by atoms with E-state index < -0.39 is 10.0 Å². The molecule has 1 aromatic rings. The van der Waals surface area contributed by atoms with E-state index in [1.54, 1.807) is 19.3 Å². The number of nitrogens with one attached hydrogen (secondary N) is 3. The Morgan fingerprint density at radius 2 is 2.04 bits per heavy atom. The number of halogens is 1. The van der Waals surface area contributed by atoms with Crippen molar-refractivity contribution in [2.24, 2.45) is 10.9 Å². The molecule has 0 bridgehead atoms. The molecule has 0 saturated carbocycles. The van der Waals surface area contributed by atoms with Gasteiger partial charge < -0.3 is 15.5 Å². The molecule has 0 unspecified atom stereocenters. The van der Waals surface area contributed by atoms with Crippen molar-refractivity contribution in [3.8, 4) is 0 Å². The molecule has 0 spiro atoms. The summed E-state index contributed by atoms with van der Waals surface area (Å²) in [6, 6.07) is 3.52. The zero-order chi connectivity index (χ0) is 19.7. The van der Waals surface area contributed by atoms with Crippen LogP contribution in [0.4, 0.5) is 0 Å². The average Bonchev–Trinajstić information content (AvgIpc) is 2.66. The van der Waals surface area contributed by atoms with Crippen LogP contribution >= 0.6 is 24.0 Å². The summed E-state index contributed by atoms with van der Waals surface area (Å²) in [4.78, 5) is 10.7. The number of nitrogens with zero attached hydrogens (tertiary/aromatic N) is 3. The van der Waals surface area contributed by atoms with Crippen LogP contribution < -0.4 is 15.4 Å². The van der Waals surface area contributed by atoms with Gasteiger partial charge in [-0.2, -0.15) is 0 Å². The number of aliphatic imine (C=N–C) groups is 1. The Bertz CT molecular complexity index is 691. The van der Waals surface area contributed by atoms with Gasteiger partial charge in [-0.1, -0.05) is 13.8 Å². The highest BCUT2D eigenvalue weighted by molar-refractivity contribution is 14.0. The van der Waals surface area contributed by atoms with E-state index in [-0.39, 0.29) is 35.4 Å². The molecule has 2 heterocycles. The molecule has 2 rings (SSSR count). The fourth-order valence-electron chi connectivity index (χ4n) is 3.12. The third-order valence-electron chi connectivity index (χ3n) is 4.43. The second-order valence-corrected chi connectivity index (χ2v) is 8.97. The minimum absolute atomic E-state index is 0. The molecule has 160 valence electrons. The molecule has 10 heteroatoms. The first-order valence-corrected chi connectivity index (χ1v) is 11.0. The highest BCUT2D eigenvalue weighted by Gasteiger charge is 2.20. The van der Waals surface area contributed by atoms with Crippen LogP contribution in [-0.2, 0) is 10.0 Å². The SMILES string of the molecule is CN=C(NCCNS(=O)(=O)c1cccnc1)NC1CCN(CC(C)C)CC1.I. The predicted molar refractivity (Wildman–Crippen MR) is 124 cm³/mol. The van der Waals surface area contributed by atoms with Gasteiger partial charge in [0, 0.05) is 58.2 Å². The van der Waals surface area contributed by atoms with E-state index in [2.05, 4.69) is 44.1 Å². The molecule has 0 radical (unpaired) electrons. The summed E-state index contributed by atoms with van der Waals surface area (Å²) in [7, 11) is -1.80. The monoisotopic (exact) mass is 524 g/mol. The summed E-state index contributed by atoms with van der Waals surface area (Å²) in [6.45, 7) is 8.56. The fourth-order valence-corrected chi connectivity index (χ4v) is 4.11. The Balaban J connectivity index is 0.00000392. The molecular weight excluding hydrogens is 491 g/mol. The van der Waals surface area contributed by atoms with Crippen molar-refractivity contribution in [1.82, 2.24) is 25.2 Å². The Hall–Kier alpha value is -0.980. The Morgan fingerprint density at radius 1 is 1.32 bits per heavy atom. The van der Waals surface area contributed by atoms with Gasteiger partial charge in [0.15, 0.2) is 5.96 Å². The van der Waals surface area contributed by atoms with E-state index in [9.17, 15) is 8.42 Å². The standard InChI is InChI=1S/C18H32N6O2S.HI/c1-15(2)14-24-11-6-16(7-12-24)23-18(19-3)21-9-10-22-27(25,26)17-5-4-8-20-13-17;/h4-5,8,13,15-16,22H,6-7,9-12,14H2,1-3H3,(H2,19,21,23);1H. The summed E-state index contributed by atoms with van der Waals surface area (Å²) in [5.41, 5.74) is 0. The zero-order valence-corrected chi connectivity index (χ0v) is 20.0. The second-order valence-electron chi connectivity index (χ2n) is 7.20. The van der Waals surface area contributed by atoms with Gasteiger partial charge in [-0.15, -0.1) is 24.0 Å². The molecular formula is C18H33IN6O2S. The second kappa shape index (κ2) is 12.6. The van der Waals surface area contributed by atoms with E-state index in [1.165, 1.54) is 12.3 Å². The predicted octanol–water partition coefficient (Wildman–Crippen LogP) is 1.26.